The van der Waals surface area contributed by atoms with E-state index in [1.165, 1.54) is 0 Å². The Kier molecular flexibility index (Phi) is 4.84. The Bertz CT molecular complexity index is 456. The largest absolute Gasteiger partial charge is 0.495 e. The lowest BCUT2D eigenvalue weighted by Crippen LogP contribution is -2.46. The van der Waals surface area contributed by atoms with E-state index < -0.39 is 0 Å². The van der Waals surface area contributed by atoms with Gasteiger partial charge in [-0.15, -0.1) is 0 Å². The van der Waals surface area contributed by atoms with Crippen molar-refractivity contribution >= 4 is 11.7 Å². The fourth-order valence-corrected chi connectivity index (χ4v) is 2.50. The van der Waals surface area contributed by atoms with Gasteiger partial charge in [0.2, 0.25) is 0 Å². The number of methoxy groups -OCH3 is 1. The molecule has 1 aliphatic heterocycles. The molecule has 20 heavy (non-hydrogen) atoms. The Morgan fingerprint density at radius 2 is 2.00 bits per heavy atom. The molecular weight excluding hydrogens is 254 g/mol. The van der Waals surface area contributed by atoms with Crippen LogP contribution in [0.5, 0.6) is 5.75 Å². The summed E-state index contributed by atoms with van der Waals surface area (Å²) in [6, 6.07) is 7.68. The molecule has 0 radical (unpaired) electrons. The second kappa shape index (κ2) is 6.61. The highest BCUT2D eigenvalue weighted by Gasteiger charge is 2.24. The third-order valence-electron chi connectivity index (χ3n) is 3.90. The zero-order chi connectivity index (χ0) is 14.5. The second-order valence-electron chi connectivity index (χ2n) is 5.28. The maximum atomic E-state index is 12.3. The van der Waals surface area contributed by atoms with E-state index in [1.807, 2.05) is 31.3 Å². The number of para-hydroxylation sites is 2. The molecule has 0 atom stereocenters. The molecule has 0 saturated carbocycles. The van der Waals surface area contributed by atoms with Gasteiger partial charge in [0.15, 0.2) is 0 Å². The van der Waals surface area contributed by atoms with E-state index in [2.05, 4.69) is 17.3 Å². The summed E-state index contributed by atoms with van der Waals surface area (Å²) in [4.78, 5) is 16.4. The van der Waals surface area contributed by atoms with Crippen molar-refractivity contribution in [2.45, 2.75) is 18.9 Å². The van der Waals surface area contributed by atoms with Crippen LogP contribution in [-0.2, 0) is 0 Å². The second-order valence-corrected chi connectivity index (χ2v) is 5.28. The van der Waals surface area contributed by atoms with Crippen LogP contribution in [0.3, 0.4) is 0 Å². The van der Waals surface area contributed by atoms with E-state index in [-0.39, 0.29) is 6.03 Å². The molecule has 1 aromatic rings. The van der Waals surface area contributed by atoms with Crippen molar-refractivity contribution in [1.29, 1.82) is 0 Å². The minimum absolute atomic E-state index is 0.0796. The molecule has 1 fully saturated rings. The molecule has 1 aliphatic rings. The predicted molar refractivity (Wildman–Crippen MR) is 80.3 cm³/mol. The van der Waals surface area contributed by atoms with Crippen molar-refractivity contribution in [3.63, 3.8) is 0 Å². The van der Waals surface area contributed by atoms with Crippen LogP contribution in [0.15, 0.2) is 24.3 Å². The van der Waals surface area contributed by atoms with Crippen LogP contribution < -0.4 is 10.1 Å². The van der Waals surface area contributed by atoms with E-state index >= 15 is 0 Å². The maximum Gasteiger partial charge on any atom is 0.321 e. The summed E-state index contributed by atoms with van der Waals surface area (Å²) in [6.45, 7) is 2.08. The van der Waals surface area contributed by atoms with Gasteiger partial charge in [-0.1, -0.05) is 12.1 Å². The van der Waals surface area contributed by atoms with Gasteiger partial charge in [-0.25, -0.2) is 4.79 Å². The van der Waals surface area contributed by atoms with Crippen LogP contribution in [0, 0.1) is 0 Å². The monoisotopic (exact) mass is 277 g/mol. The first-order valence-electron chi connectivity index (χ1n) is 6.97. The van der Waals surface area contributed by atoms with E-state index in [0.717, 1.165) is 25.9 Å². The minimum atomic E-state index is -0.0796. The summed E-state index contributed by atoms with van der Waals surface area (Å²) in [6.07, 6.45) is 2.04. The molecule has 5 heteroatoms. The number of anilines is 1. The van der Waals surface area contributed by atoms with Gasteiger partial charge in [0, 0.05) is 13.1 Å². The van der Waals surface area contributed by atoms with Crippen molar-refractivity contribution in [1.82, 2.24) is 9.80 Å². The summed E-state index contributed by atoms with van der Waals surface area (Å²) in [5.74, 6) is 0.678. The number of piperidine rings is 1. The fraction of sp³-hybridized carbons (Fsp3) is 0.533. The molecule has 1 saturated heterocycles. The lowest BCUT2D eigenvalue weighted by molar-refractivity contribution is 0.156. The molecular formula is C15H23N3O2. The van der Waals surface area contributed by atoms with E-state index in [0.29, 0.717) is 17.5 Å². The van der Waals surface area contributed by atoms with Gasteiger partial charge < -0.3 is 19.9 Å². The van der Waals surface area contributed by atoms with Crippen molar-refractivity contribution in [3.05, 3.63) is 24.3 Å². The minimum Gasteiger partial charge on any atom is -0.495 e. The van der Waals surface area contributed by atoms with Crippen LogP contribution in [0.1, 0.15) is 12.8 Å². The molecule has 0 bridgehead atoms. The molecule has 0 spiro atoms. The summed E-state index contributed by atoms with van der Waals surface area (Å²) in [5.41, 5.74) is 0.708. The quantitative estimate of drug-likeness (QED) is 0.921. The van der Waals surface area contributed by atoms with E-state index in [9.17, 15) is 4.79 Å². The standard InChI is InChI=1S/C15H23N3O2/c1-17-10-8-12(9-11-17)18(2)15(19)16-13-6-4-5-7-14(13)20-3/h4-7,12H,8-11H2,1-3H3,(H,16,19). The topological polar surface area (TPSA) is 44.8 Å². The Morgan fingerprint density at radius 3 is 2.65 bits per heavy atom. The molecule has 0 unspecified atom stereocenters. The predicted octanol–water partition coefficient (Wildman–Crippen LogP) is 2.25. The molecule has 110 valence electrons. The number of ether oxygens (including phenoxy) is 1. The molecule has 1 heterocycles. The van der Waals surface area contributed by atoms with Crippen molar-refractivity contribution < 1.29 is 9.53 Å². The first kappa shape index (κ1) is 14.7. The fourth-order valence-electron chi connectivity index (χ4n) is 2.50. The SMILES string of the molecule is COc1ccccc1NC(=O)N(C)C1CCN(C)CC1. The molecule has 5 nitrogen and oxygen atoms in total. The third-order valence-corrected chi connectivity index (χ3v) is 3.90. The summed E-state index contributed by atoms with van der Waals surface area (Å²) >= 11 is 0. The lowest BCUT2D eigenvalue weighted by Gasteiger charge is -2.35. The van der Waals surface area contributed by atoms with Crippen LogP contribution in [0.2, 0.25) is 0 Å². The number of rotatable bonds is 3. The zero-order valence-corrected chi connectivity index (χ0v) is 12.4. The lowest BCUT2D eigenvalue weighted by atomic mass is 10.0. The van der Waals surface area contributed by atoms with Crippen LogP contribution in [0.4, 0.5) is 10.5 Å². The highest BCUT2D eigenvalue weighted by atomic mass is 16.5. The van der Waals surface area contributed by atoms with Gasteiger partial charge in [0.1, 0.15) is 5.75 Å². The average molecular weight is 277 g/mol. The highest BCUT2D eigenvalue weighted by molar-refractivity contribution is 5.91. The summed E-state index contributed by atoms with van der Waals surface area (Å²) < 4.78 is 5.25. The summed E-state index contributed by atoms with van der Waals surface area (Å²) in [5, 5.41) is 2.92. The number of nitrogens with zero attached hydrogens (tertiary/aromatic N) is 2. The molecule has 0 aliphatic carbocycles. The number of benzene rings is 1. The van der Waals surface area contributed by atoms with Gasteiger partial charge in [0.25, 0.3) is 0 Å². The van der Waals surface area contributed by atoms with Gasteiger partial charge in [-0.05, 0) is 45.1 Å². The number of urea groups is 1. The Balaban J connectivity index is 1.97. The third kappa shape index (κ3) is 3.42. The van der Waals surface area contributed by atoms with Crippen LogP contribution >= 0.6 is 0 Å². The average Bonchev–Trinajstić information content (AvgIpc) is 2.48. The smallest absolute Gasteiger partial charge is 0.321 e. The Labute approximate surface area is 120 Å². The number of carbonyl (C=O) groups excluding carboxylic acids is 1. The van der Waals surface area contributed by atoms with Gasteiger partial charge >= 0.3 is 6.03 Å². The van der Waals surface area contributed by atoms with Crippen LogP contribution in [-0.4, -0.2) is 56.2 Å². The molecule has 2 rings (SSSR count). The molecule has 1 N–H and O–H groups in total. The van der Waals surface area contributed by atoms with Gasteiger partial charge in [-0.3, -0.25) is 0 Å². The van der Waals surface area contributed by atoms with Crippen LogP contribution in [0.25, 0.3) is 0 Å². The number of likely N-dealkylation sites (tertiary alicyclic amines) is 1. The number of carbonyl (C=O) groups is 1. The maximum absolute atomic E-state index is 12.3. The molecule has 1 aromatic carbocycles. The number of hydrogen-bond acceptors (Lipinski definition) is 3. The first-order chi connectivity index (χ1) is 9.61. The van der Waals surface area contributed by atoms with Crippen molar-refractivity contribution in [2.75, 3.05) is 39.6 Å². The normalized spacial score (nSPS) is 16.8. The zero-order valence-electron chi connectivity index (χ0n) is 12.4. The molecule has 2 amide bonds. The Morgan fingerprint density at radius 1 is 1.35 bits per heavy atom. The first-order valence-corrected chi connectivity index (χ1v) is 6.97. The van der Waals surface area contributed by atoms with Crippen molar-refractivity contribution in [3.8, 4) is 5.75 Å². The van der Waals surface area contributed by atoms with E-state index in [1.54, 1.807) is 12.0 Å². The Hall–Kier alpha value is -1.75. The van der Waals surface area contributed by atoms with E-state index in [4.69, 9.17) is 4.74 Å². The number of nitrogens with one attached hydrogen (secondary N) is 1. The molecule has 0 aromatic heterocycles. The summed E-state index contributed by atoms with van der Waals surface area (Å²) in [7, 11) is 5.58. The van der Waals surface area contributed by atoms with Gasteiger partial charge in [0.05, 0.1) is 12.8 Å². The van der Waals surface area contributed by atoms with Crippen molar-refractivity contribution in [2.24, 2.45) is 0 Å². The number of amides is 2. The highest BCUT2D eigenvalue weighted by Crippen LogP contribution is 2.24. The van der Waals surface area contributed by atoms with Gasteiger partial charge in [-0.2, -0.15) is 0 Å². The number of hydrogen-bond donors (Lipinski definition) is 1.